The van der Waals surface area contributed by atoms with Gasteiger partial charge in [0.15, 0.2) is 0 Å². The van der Waals surface area contributed by atoms with E-state index >= 15 is 0 Å². The van der Waals surface area contributed by atoms with Crippen LogP contribution in [0.2, 0.25) is 0 Å². The number of aryl methyl sites for hydroxylation is 1. The Morgan fingerprint density at radius 2 is 1.32 bits per heavy atom. The molecule has 0 saturated carbocycles. The van der Waals surface area contributed by atoms with Crippen LogP contribution >= 0.6 is 11.8 Å². The van der Waals surface area contributed by atoms with E-state index in [1.807, 2.05) is 97.1 Å². The van der Waals surface area contributed by atoms with Gasteiger partial charge in [0.25, 0.3) is 0 Å². The molecule has 0 aliphatic heterocycles. The molecule has 0 aliphatic rings. The van der Waals surface area contributed by atoms with E-state index in [2.05, 4.69) is 25.3 Å². The van der Waals surface area contributed by atoms with E-state index in [-0.39, 0.29) is 12.6 Å². The van der Waals surface area contributed by atoms with Crippen LogP contribution in [0.1, 0.15) is 27.0 Å². The highest BCUT2D eigenvalue weighted by atomic mass is 32.2. The molecule has 3 nitrogen and oxygen atoms in total. The Balaban J connectivity index is 1.66. The summed E-state index contributed by atoms with van der Waals surface area (Å²) in [5.41, 5.74) is 5.48. The zero-order valence-electron chi connectivity index (χ0n) is 20.9. The molecule has 0 atom stereocenters. The minimum Gasteiger partial charge on any atom is -0.488 e. The van der Waals surface area contributed by atoms with Gasteiger partial charge in [-0.25, -0.2) is 4.79 Å². The molecule has 0 unspecified atom stereocenters. The average Bonchev–Trinajstić information content (AvgIpc) is 2.95. The molecule has 0 fully saturated rings. The molecule has 4 heteroatoms. The predicted molar refractivity (Wildman–Crippen MR) is 152 cm³/mol. The van der Waals surface area contributed by atoms with Gasteiger partial charge in [0.1, 0.15) is 19.0 Å². The normalized spacial score (nSPS) is 10.9. The minimum absolute atomic E-state index is 0.205. The summed E-state index contributed by atoms with van der Waals surface area (Å²) in [5.74, 6) is 0.293. The molecule has 0 bridgehead atoms. The standard InChI is InChI=1S/C33H28O3S/c1-23-18-28-27(20-31(23)37-2)30(35-21-24-12-6-3-7-13-24)19-29(32(28)26-16-10-5-11-17-26)33(34)36-22-25-14-8-4-9-15-25/h3-20H,21-22H2,1-2H3. The van der Waals surface area contributed by atoms with Gasteiger partial charge >= 0.3 is 5.97 Å². The number of ether oxygens (including phenoxy) is 2. The summed E-state index contributed by atoms with van der Waals surface area (Å²) in [6.45, 7) is 2.71. The number of esters is 1. The van der Waals surface area contributed by atoms with E-state index in [1.54, 1.807) is 11.8 Å². The highest BCUT2D eigenvalue weighted by molar-refractivity contribution is 7.98. The Morgan fingerprint density at radius 1 is 0.730 bits per heavy atom. The Labute approximate surface area is 222 Å². The second kappa shape index (κ2) is 11.4. The smallest absolute Gasteiger partial charge is 0.339 e. The highest BCUT2D eigenvalue weighted by Gasteiger charge is 2.22. The summed E-state index contributed by atoms with van der Waals surface area (Å²) in [4.78, 5) is 14.8. The van der Waals surface area contributed by atoms with Gasteiger partial charge in [0, 0.05) is 15.8 Å². The van der Waals surface area contributed by atoms with E-state index < -0.39 is 0 Å². The maximum Gasteiger partial charge on any atom is 0.339 e. The lowest BCUT2D eigenvalue weighted by molar-refractivity contribution is 0.0473. The molecule has 0 N–H and O–H groups in total. The number of fused-ring (bicyclic) bond motifs is 1. The number of carbonyl (C=O) groups excluding carboxylic acids is 1. The molecule has 0 radical (unpaired) electrons. The van der Waals surface area contributed by atoms with Gasteiger partial charge in [0.2, 0.25) is 0 Å². The number of hydrogen-bond donors (Lipinski definition) is 0. The van der Waals surface area contributed by atoms with Crippen LogP contribution in [0.25, 0.3) is 21.9 Å². The second-order valence-electron chi connectivity index (χ2n) is 8.87. The van der Waals surface area contributed by atoms with Crippen molar-refractivity contribution in [2.75, 3.05) is 6.26 Å². The van der Waals surface area contributed by atoms with E-state index in [4.69, 9.17) is 9.47 Å². The molecule has 0 saturated heterocycles. The fourth-order valence-electron chi connectivity index (χ4n) is 4.48. The summed E-state index contributed by atoms with van der Waals surface area (Å²) in [6, 6.07) is 36.0. The third-order valence-electron chi connectivity index (χ3n) is 6.35. The van der Waals surface area contributed by atoms with Crippen molar-refractivity contribution in [1.29, 1.82) is 0 Å². The predicted octanol–water partition coefficient (Wildman–Crippen LogP) is 8.47. The van der Waals surface area contributed by atoms with Crippen LogP contribution < -0.4 is 4.74 Å². The summed E-state index contributed by atoms with van der Waals surface area (Å²) >= 11 is 1.70. The zero-order chi connectivity index (χ0) is 25.6. The van der Waals surface area contributed by atoms with E-state index in [9.17, 15) is 4.79 Å². The van der Waals surface area contributed by atoms with Crippen LogP contribution in [-0.2, 0) is 18.0 Å². The van der Waals surface area contributed by atoms with Crippen LogP contribution in [0, 0.1) is 6.92 Å². The van der Waals surface area contributed by atoms with Crippen molar-refractivity contribution in [3.8, 4) is 16.9 Å². The molecule has 0 aromatic heterocycles. The third-order valence-corrected chi connectivity index (χ3v) is 7.23. The van der Waals surface area contributed by atoms with Crippen molar-refractivity contribution >= 4 is 28.5 Å². The third kappa shape index (κ3) is 5.55. The van der Waals surface area contributed by atoms with Crippen LogP contribution in [0.3, 0.4) is 0 Å². The molecule has 184 valence electrons. The molecule has 0 aliphatic carbocycles. The lowest BCUT2D eigenvalue weighted by atomic mass is 9.91. The quantitative estimate of drug-likeness (QED) is 0.157. The van der Waals surface area contributed by atoms with Gasteiger partial charge < -0.3 is 9.47 Å². The first-order valence-electron chi connectivity index (χ1n) is 12.2. The fraction of sp³-hybridized carbons (Fsp3) is 0.121. The summed E-state index contributed by atoms with van der Waals surface area (Å²) in [6.07, 6.45) is 2.08. The highest BCUT2D eigenvalue weighted by Crippen LogP contribution is 2.41. The first kappa shape index (κ1) is 24.7. The number of benzene rings is 5. The van der Waals surface area contributed by atoms with Crippen molar-refractivity contribution < 1.29 is 14.3 Å². The fourth-order valence-corrected chi connectivity index (χ4v) is 5.09. The number of thioether (sulfide) groups is 1. The van der Waals surface area contributed by atoms with E-state index in [0.717, 1.165) is 38.6 Å². The number of carbonyl (C=O) groups is 1. The van der Waals surface area contributed by atoms with Crippen molar-refractivity contribution in [3.05, 3.63) is 131 Å². The summed E-state index contributed by atoms with van der Waals surface area (Å²) in [7, 11) is 0. The molecule has 37 heavy (non-hydrogen) atoms. The molecule has 5 rings (SSSR count). The zero-order valence-corrected chi connectivity index (χ0v) is 21.8. The monoisotopic (exact) mass is 504 g/mol. The van der Waals surface area contributed by atoms with Gasteiger partial charge in [-0.15, -0.1) is 11.8 Å². The molecular formula is C33H28O3S. The Morgan fingerprint density at radius 3 is 1.95 bits per heavy atom. The Hall–Kier alpha value is -4.02. The lowest BCUT2D eigenvalue weighted by Crippen LogP contribution is -2.09. The van der Waals surface area contributed by atoms with Crippen LogP contribution in [0.4, 0.5) is 0 Å². The van der Waals surface area contributed by atoms with Gasteiger partial charge in [0.05, 0.1) is 5.56 Å². The van der Waals surface area contributed by atoms with Gasteiger partial charge in [-0.05, 0) is 59.0 Å². The van der Waals surface area contributed by atoms with Crippen LogP contribution in [0.5, 0.6) is 5.75 Å². The van der Waals surface area contributed by atoms with Crippen molar-refractivity contribution in [2.24, 2.45) is 0 Å². The van der Waals surface area contributed by atoms with E-state index in [0.29, 0.717) is 17.9 Å². The first-order valence-corrected chi connectivity index (χ1v) is 13.4. The molecule has 0 heterocycles. The van der Waals surface area contributed by atoms with Crippen molar-refractivity contribution in [1.82, 2.24) is 0 Å². The SMILES string of the molecule is CSc1cc2c(OCc3ccccc3)cc(C(=O)OCc3ccccc3)c(-c3ccccc3)c2cc1C. The maximum atomic E-state index is 13.6. The molecule has 0 spiro atoms. The topological polar surface area (TPSA) is 35.5 Å². The summed E-state index contributed by atoms with van der Waals surface area (Å²) in [5, 5.41) is 1.95. The van der Waals surface area contributed by atoms with Gasteiger partial charge in [-0.2, -0.15) is 0 Å². The number of hydrogen-bond acceptors (Lipinski definition) is 4. The molecule has 5 aromatic rings. The molecule has 5 aromatic carbocycles. The van der Waals surface area contributed by atoms with Crippen molar-refractivity contribution in [2.45, 2.75) is 25.0 Å². The minimum atomic E-state index is -0.374. The number of rotatable bonds is 8. The lowest BCUT2D eigenvalue weighted by Gasteiger charge is -2.19. The largest absolute Gasteiger partial charge is 0.488 e. The van der Waals surface area contributed by atoms with E-state index in [1.165, 1.54) is 4.90 Å². The van der Waals surface area contributed by atoms with Crippen LogP contribution in [0.15, 0.2) is 114 Å². The molecule has 0 amide bonds. The Bertz CT molecular complexity index is 1510. The van der Waals surface area contributed by atoms with Gasteiger partial charge in [-0.3, -0.25) is 0 Å². The van der Waals surface area contributed by atoms with Crippen LogP contribution in [-0.4, -0.2) is 12.2 Å². The van der Waals surface area contributed by atoms with Crippen molar-refractivity contribution in [3.63, 3.8) is 0 Å². The average molecular weight is 505 g/mol. The summed E-state index contributed by atoms with van der Waals surface area (Å²) < 4.78 is 12.2. The van der Waals surface area contributed by atoms with Gasteiger partial charge in [-0.1, -0.05) is 91.0 Å². The second-order valence-corrected chi connectivity index (χ2v) is 9.71. The Kier molecular flexibility index (Phi) is 7.57. The molecular weight excluding hydrogens is 476 g/mol. The first-order chi connectivity index (χ1) is 18.1. The maximum absolute atomic E-state index is 13.6.